The van der Waals surface area contributed by atoms with E-state index >= 15 is 0 Å². The number of esters is 3. The molecule has 0 bridgehead atoms. The van der Waals surface area contributed by atoms with E-state index in [4.69, 9.17) is 42.6 Å². The van der Waals surface area contributed by atoms with Crippen LogP contribution in [0.15, 0.2) is 12.2 Å². The molecule has 0 aromatic carbocycles. The van der Waals surface area contributed by atoms with Gasteiger partial charge >= 0.3 is 17.9 Å². The Morgan fingerprint density at radius 1 is 0.964 bits per heavy atom. The fraction of sp³-hybridized carbons (Fsp3) is 0.821. The van der Waals surface area contributed by atoms with Gasteiger partial charge in [0.2, 0.25) is 0 Å². The van der Waals surface area contributed by atoms with Crippen molar-refractivity contribution in [1.82, 2.24) is 4.90 Å². The molecule has 4 aliphatic heterocycles. The van der Waals surface area contributed by atoms with Crippen LogP contribution in [-0.2, 0) is 66.6 Å². The second kappa shape index (κ2) is 19.7. The predicted molar refractivity (Wildman–Crippen MR) is 195 cm³/mol. The molecule has 0 aromatic rings. The Hall–Kier alpha value is -2.87. The summed E-state index contributed by atoms with van der Waals surface area (Å²) >= 11 is 0. The first-order valence-electron chi connectivity index (χ1n) is 19.3. The summed E-state index contributed by atoms with van der Waals surface area (Å²) < 4.78 is 53.6. The first kappa shape index (κ1) is 45.8. The molecule has 0 aromatic heterocycles. The van der Waals surface area contributed by atoms with Crippen molar-refractivity contribution in [3.05, 3.63) is 12.2 Å². The molecule has 17 atom stereocenters. The van der Waals surface area contributed by atoms with E-state index in [1.807, 2.05) is 0 Å². The lowest BCUT2D eigenvalue weighted by atomic mass is 9.83. The molecule has 4 heterocycles. The van der Waals surface area contributed by atoms with Gasteiger partial charge < -0.3 is 62.5 Å². The molecule has 318 valence electrons. The van der Waals surface area contributed by atoms with E-state index in [0.29, 0.717) is 12.7 Å². The van der Waals surface area contributed by atoms with Gasteiger partial charge in [-0.3, -0.25) is 19.2 Å². The van der Waals surface area contributed by atoms with Crippen LogP contribution in [0.5, 0.6) is 0 Å². The van der Waals surface area contributed by atoms with Gasteiger partial charge in [0, 0.05) is 46.1 Å². The monoisotopic (exact) mass is 799 g/mol. The molecule has 0 unspecified atom stereocenters. The van der Waals surface area contributed by atoms with Gasteiger partial charge in [-0.15, -0.1) is 0 Å². The quantitative estimate of drug-likeness (QED) is 0.138. The molecule has 0 saturated carbocycles. The molecule has 0 aliphatic carbocycles. The van der Waals surface area contributed by atoms with Crippen molar-refractivity contribution < 1.29 is 76.8 Å². The van der Waals surface area contributed by atoms with E-state index < -0.39 is 115 Å². The Morgan fingerprint density at radius 3 is 2.23 bits per heavy atom. The maximum absolute atomic E-state index is 13.4. The fourth-order valence-corrected chi connectivity index (χ4v) is 8.17. The zero-order valence-electron chi connectivity index (χ0n) is 34.1. The molecule has 0 spiro atoms. The Kier molecular flexibility index (Phi) is 16.1. The number of hydrogen-bond donors (Lipinski definition) is 2. The molecule has 56 heavy (non-hydrogen) atoms. The molecule has 3 saturated heterocycles. The third kappa shape index (κ3) is 11.9. The molecule has 0 radical (unpaired) electrons. The molecule has 0 amide bonds. The number of aliphatic hydroxyl groups is 2. The van der Waals surface area contributed by atoms with Crippen molar-refractivity contribution in [2.24, 2.45) is 11.8 Å². The minimum Gasteiger partial charge on any atom is -0.462 e. The Labute approximate surface area is 328 Å². The maximum Gasteiger partial charge on any atom is 0.309 e. The predicted octanol–water partition coefficient (Wildman–Crippen LogP) is 1.41. The zero-order valence-corrected chi connectivity index (χ0v) is 34.1. The number of nitrogens with zero attached hydrogens (tertiary/aromatic N) is 1. The second-order valence-corrected chi connectivity index (χ2v) is 16.0. The summed E-state index contributed by atoms with van der Waals surface area (Å²) in [5.41, 5.74) is -1.50. The Morgan fingerprint density at radius 2 is 1.64 bits per heavy atom. The highest BCUT2D eigenvalue weighted by Crippen LogP contribution is 2.38. The van der Waals surface area contributed by atoms with E-state index in [2.05, 4.69) is 0 Å². The van der Waals surface area contributed by atoms with Crippen molar-refractivity contribution in [1.29, 1.82) is 0 Å². The molecule has 2 N–H and O–H groups in total. The molecule has 3 fully saturated rings. The summed E-state index contributed by atoms with van der Waals surface area (Å²) in [6.45, 7) is 10.8. The average Bonchev–Trinajstić information content (AvgIpc) is 3.82. The number of allylic oxidation sites excluding steroid dienone is 1. The van der Waals surface area contributed by atoms with Gasteiger partial charge in [-0.2, -0.15) is 0 Å². The van der Waals surface area contributed by atoms with Crippen LogP contribution in [0.25, 0.3) is 0 Å². The van der Waals surface area contributed by atoms with Crippen LogP contribution >= 0.6 is 0 Å². The molecular formula is C39H61NO16. The van der Waals surface area contributed by atoms with Crippen LogP contribution in [0.2, 0.25) is 0 Å². The molecule has 4 aliphatic rings. The van der Waals surface area contributed by atoms with Gasteiger partial charge in [0.25, 0.3) is 0 Å². The minimum absolute atomic E-state index is 0.0568. The number of cyclic esters (lactones) is 1. The minimum atomic E-state index is -1.50. The number of aliphatic hydroxyl groups excluding tert-OH is 1. The first-order chi connectivity index (χ1) is 26.3. The van der Waals surface area contributed by atoms with Crippen molar-refractivity contribution in [2.75, 3.05) is 21.2 Å². The highest BCUT2D eigenvalue weighted by molar-refractivity contribution is 5.91. The highest BCUT2D eigenvalue weighted by Gasteiger charge is 2.53. The number of aldehydes is 1. The summed E-state index contributed by atoms with van der Waals surface area (Å²) in [6.07, 6.45) is -8.14. The summed E-state index contributed by atoms with van der Waals surface area (Å²) in [4.78, 5) is 64.8. The number of methoxy groups -OCH3 is 1. The summed E-state index contributed by atoms with van der Waals surface area (Å²) in [7, 11) is 4.80. The Bertz CT molecular complexity index is 1400. The normalized spacial score (nSPS) is 43.2. The first-order valence-corrected chi connectivity index (χ1v) is 19.3. The van der Waals surface area contributed by atoms with Crippen molar-refractivity contribution in [3.8, 4) is 0 Å². The van der Waals surface area contributed by atoms with E-state index in [1.165, 1.54) is 34.0 Å². The maximum atomic E-state index is 13.4. The largest absolute Gasteiger partial charge is 0.462 e. The van der Waals surface area contributed by atoms with Crippen LogP contribution < -0.4 is 0 Å². The number of hydrogen-bond acceptors (Lipinski definition) is 17. The van der Waals surface area contributed by atoms with Crippen LogP contribution in [0.1, 0.15) is 80.6 Å². The lowest BCUT2D eigenvalue weighted by molar-refractivity contribution is -0.344. The number of ether oxygens (including phenoxy) is 9. The van der Waals surface area contributed by atoms with Gasteiger partial charge in [-0.1, -0.05) is 6.92 Å². The highest BCUT2D eigenvalue weighted by atomic mass is 16.7. The number of likely N-dealkylation sites (N-methyl/N-ethyl adjacent to an activating group) is 1. The van der Waals surface area contributed by atoms with E-state index in [9.17, 15) is 34.2 Å². The van der Waals surface area contributed by atoms with Gasteiger partial charge in [-0.25, -0.2) is 0 Å². The third-order valence-corrected chi connectivity index (χ3v) is 10.9. The van der Waals surface area contributed by atoms with Crippen LogP contribution in [0.3, 0.4) is 0 Å². The lowest BCUT2D eigenvalue weighted by Crippen LogP contribution is -2.66. The van der Waals surface area contributed by atoms with Crippen LogP contribution in [0.4, 0.5) is 0 Å². The number of epoxide rings is 1. The summed E-state index contributed by atoms with van der Waals surface area (Å²) in [6, 6.07) is -0.796. The lowest BCUT2D eigenvalue weighted by Gasteiger charge is -2.50. The number of rotatable bonds is 10. The standard InChI is InChI=1S/C39H61NO16/c1-19-15-25(13-14-41)35(36(48-10)29(52-23(5)42)17-30(45)49-20(2)16-28-27(54-28)12-11-26(19)44)56-38-33(46)32(40(8)9)34(21(3)51-38)55-31-18-39(7,47)37(22(4)50-31)53-24(6)43/h11-12,14,19-22,25,27-29,31-38,46-47H,13,15-18H2,1-10H3/b12-11+/t19-,20-,21-,22+,25+,27+,28+,29-,31+,32-,33-,34-,35+,36+,37+,38+,39-/m1/s1. The Balaban J connectivity index is 1.67. The molecule has 4 rings (SSSR count). The summed E-state index contributed by atoms with van der Waals surface area (Å²) in [5, 5.41) is 23.2. The van der Waals surface area contributed by atoms with E-state index in [-0.39, 0.29) is 37.3 Å². The van der Waals surface area contributed by atoms with Crippen molar-refractivity contribution >= 4 is 30.0 Å². The van der Waals surface area contributed by atoms with Crippen LogP contribution in [-0.4, -0.2) is 158 Å². The molecular weight excluding hydrogens is 738 g/mol. The topological polar surface area (TPSA) is 215 Å². The van der Waals surface area contributed by atoms with Gasteiger partial charge in [0.15, 0.2) is 24.5 Å². The average molecular weight is 800 g/mol. The van der Waals surface area contributed by atoms with Crippen molar-refractivity contribution in [2.45, 2.75) is 172 Å². The van der Waals surface area contributed by atoms with Gasteiger partial charge in [0.1, 0.15) is 48.5 Å². The SMILES string of the molecule is CO[C@@H]1[C@@H](O[C@@H]2O[C@H](C)[C@@H](O[C@H]3C[C@@](C)(O)[C@@H](OC(C)=O)[C@H](C)O3)[C@H](N(C)C)[C@H]2O)[C@@H](CC=O)C[C@@H](C)C(=O)/C=C/[C@@H]2O[C@H]2C[C@@H](C)OC(=O)C[C@H]1OC(C)=O. The molecule has 17 nitrogen and oxygen atoms in total. The summed E-state index contributed by atoms with van der Waals surface area (Å²) in [5.74, 6) is -3.54. The second-order valence-electron chi connectivity index (χ2n) is 16.0. The van der Waals surface area contributed by atoms with Gasteiger partial charge in [0.05, 0.1) is 36.9 Å². The van der Waals surface area contributed by atoms with Gasteiger partial charge in [-0.05, 0) is 66.3 Å². The number of carbonyl (C=O) groups excluding carboxylic acids is 5. The third-order valence-electron chi connectivity index (χ3n) is 10.9. The van der Waals surface area contributed by atoms with Crippen LogP contribution in [0, 0.1) is 11.8 Å². The van der Waals surface area contributed by atoms with E-state index in [1.54, 1.807) is 52.8 Å². The number of fused-ring (bicyclic) bond motifs is 1. The van der Waals surface area contributed by atoms with Crippen molar-refractivity contribution in [3.63, 3.8) is 0 Å². The smallest absolute Gasteiger partial charge is 0.309 e. The number of ketones is 1. The van der Waals surface area contributed by atoms with E-state index in [0.717, 1.165) is 0 Å². The number of carbonyl (C=O) groups is 5. The molecule has 17 heteroatoms. The fourth-order valence-electron chi connectivity index (χ4n) is 8.17. The zero-order chi connectivity index (χ0) is 41.6.